The number of fused-ring (bicyclic) bond motifs is 1. The maximum Gasteiger partial charge on any atom is 0.241 e. The summed E-state index contributed by atoms with van der Waals surface area (Å²) in [5, 5.41) is 11.7. The summed E-state index contributed by atoms with van der Waals surface area (Å²) in [6.45, 7) is 5.12. The van der Waals surface area contributed by atoms with Crippen molar-refractivity contribution in [3.05, 3.63) is 24.4 Å². The van der Waals surface area contributed by atoms with E-state index in [1.165, 1.54) is 0 Å². The summed E-state index contributed by atoms with van der Waals surface area (Å²) >= 11 is 0. The first kappa shape index (κ1) is 15.8. The Morgan fingerprint density at radius 2 is 2.29 bits per heavy atom. The topological polar surface area (TPSA) is 59.0 Å². The lowest BCUT2D eigenvalue weighted by atomic mass is 10.2. The van der Waals surface area contributed by atoms with Gasteiger partial charge >= 0.3 is 0 Å². The zero-order chi connectivity index (χ0) is 14.1. The number of hydrogen-bond donors (Lipinski definition) is 2. The zero-order valence-corrected chi connectivity index (χ0v) is 13.1. The molecule has 0 spiro atoms. The monoisotopic (exact) mass is 308 g/mol. The van der Waals surface area contributed by atoms with Gasteiger partial charge in [0.25, 0.3) is 0 Å². The Morgan fingerprint density at radius 3 is 2.95 bits per heavy atom. The Hall–Kier alpha value is -1.59. The van der Waals surface area contributed by atoms with Crippen molar-refractivity contribution >= 4 is 34.9 Å². The minimum absolute atomic E-state index is 0. The number of halogens is 1. The van der Waals surface area contributed by atoms with Gasteiger partial charge in [0.15, 0.2) is 0 Å². The van der Waals surface area contributed by atoms with Gasteiger partial charge in [0.1, 0.15) is 0 Å². The molecule has 1 aromatic carbocycles. The third kappa shape index (κ3) is 3.36. The van der Waals surface area contributed by atoms with Crippen LogP contribution in [0.4, 0.5) is 5.69 Å². The molecule has 0 saturated carbocycles. The molecule has 5 nitrogen and oxygen atoms in total. The second kappa shape index (κ2) is 6.45. The molecule has 3 rings (SSSR count). The van der Waals surface area contributed by atoms with Crippen molar-refractivity contribution in [3.8, 4) is 0 Å². The number of carbonyl (C=O) groups excluding carboxylic acids is 1. The Morgan fingerprint density at radius 1 is 1.48 bits per heavy atom. The smallest absolute Gasteiger partial charge is 0.241 e. The van der Waals surface area contributed by atoms with E-state index in [-0.39, 0.29) is 24.4 Å². The van der Waals surface area contributed by atoms with Crippen LogP contribution in [0.15, 0.2) is 24.4 Å². The van der Waals surface area contributed by atoms with Gasteiger partial charge in [-0.15, -0.1) is 12.4 Å². The average Bonchev–Trinajstić information content (AvgIpc) is 3.07. The predicted molar refractivity (Wildman–Crippen MR) is 87.0 cm³/mol. The van der Waals surface area contributed by atoms with Crippen LogP contribution in [0.1, 0.15) is 32.7 Å². The van der Waals surface area contributed by atoms with Gasteiger partial charge in [-0.3, -0.25) is 9.48 Å². The summed E-state index contributed by atoms with van der Waals surface area (Å²) in [5.41, 5.74) is 1.79. The lowest BCUT2D eigenvalue weighted by molar-refractivity contribution is -0.117. The van der Waals surface area contributed by atoms with Crippen LogP contribution in [0.3, 0.4) is 0 Å². The fraction of sp³-hybridized carbons (Fsp3) is 0.467. The largest absolute Gasteiger partial charge is 0.325 e. The Labute approximate surface area is 130 Å². The Bertz CT molecular complexity index is 632. The minimum Gasteiger partial charge on any atom is -0.325 e. The highest BCUT2D eigenvalue weighted by atomic mass is 35.5. The molecule has 6 heteroatoms. The number of hydrogen-bond acceptors (Lipinski definition) is 3. The number of carbonyl (C=O) groups is 1. The van der Waals surface area contributed by atoms with Crippen molar-refractivity contribution in [3.63, 3.8) is 0 Å². The molecule has 0 radical (unpaired) electrons. The lowest BCUT2D eigenvalue weighted by Gasteiger charge is -2.10. The van der Waals surface area contributed by atoms with E-state index in [0.29, 0.717) is 6.04 Å². The highest BCUT2D eigenvalue weighted by molar-refractivity contribution is 5.96. The fourth-order valence-electron chi connectivity index (χ4n) is 2.52. The van der Waals surface area contributed by atoms with E-state index in [1.54, 1.807) is 0 Å². The van der Waals surface area contributed by atoms with Gasteiger partial charge in [0.05, 0.1) is 11.6 Å². The molecule has 1 saturated heterocycles. The van der Waals surface area contributed by atoms with Crippen LogP contribution >= 0.6 is 12.4 Å². The molecule has 1 fully saturated rings. The van der Waals surface area contributed by atoms with Crippen LogP contribution in [0, 0.1) is 0 Å². The first-order valence-electron chi connectivity index (χ1n) is 7.16. The number of nitrogens with one attached hydrogen (secondary N) is 2. The number of aromatic nitrogens is 2. The lowest BCUT2D eigenvalue weighted by Crippen LogP contribution is -2.35. The van der Waals surface area contributed by atoms with Gasteiger partial charge in [-0.1, -0.05) is 0 Å². The summed E-state index contributed by atoms with van der Waals surface area (Å²) in [5.74, 6) is 0.0538. The van der Waals surface area contributed by atoms with E-state index in [2.05, 4.69) is 29.6 Å². The molecule has 2 heterocycles. The van der Waals surface area contributed by atoms with Gasteiger partial charge in [0, 0.05) is 23.3 Å². The highest BCUT2D eigenvalue weighted by Crippen LogP contribution is 2.20. The Kier molecular flexibility index (Phi) is 4.85. The molecule has 1 unspecified atom stereocenters. The van der Waals surface area contributed by atoms with E-state index >= 15 is 0 Å². The summed E-state index contributed by atoms with van der Waals surface area (Å²) in [7, 11) is 0. The van der Waals surface area contributed by atoms with Crippen molar-refractivity contribution < 1.29 is 4.79 Å². The molecule has 1 amide bonds. The maximum absolute atomic E-state index is 12.1. The SMILES string of the molecule is CC(C)n1cc2cc(NC(=O)C3CCCN3)ccc2n1.Cl. The standard InChI is InChI=1S/C15H20N4O.ClH/c1-10(2)19-9-11-8-12(5-6-13(11)18-19)17-15(20)14-4-3-7-16-14;/h5-6,8-10,14,16H,3-4,7H2,1-2H3,(H,17,20);1H. The van der Waals surface area contributed by atoms with Crippen molar-refractivity contribution in [1.29, 1.82) is 0 Å². The number of rotatable bonds is 3. The van der Waals surface area contributed by atoms with Gasteiger partial charge in [-0.2, -0.15) is 5.10 Å². The van der Waals surface area contributed by atoms with Crippen LogP contribution in [-0.4, -0.2) is 28.3 Å². The molecular formula is C15H21ClN4O. The first-order chi connectivity index (χ1) is 9.63. The second-order valence-electron chi connectivity index (χ2n) is 5.61. The Balaban J connectivity index is 0.00000161. The zero-order valence-electron chi connectivity index (χ0n) is 12.3. The van der Waals surface area contributed by atoms with Crippen LogP contribution in [0.2, 0.25) is 0 Å². The average molecular weight is 309 g/mol. The van der Waals surface area contributed by atoms with E-state index in [0.717, 1.165) is 36.0 Å². The van der Waals surface area contributed by atoms with Gasteiger partial charge in [0.2, 0.25) is 5.91 Å². The summed E-state index contributed by atoms with van der Waals surface area (Å²) in [6.07, 6.45) is 4.00. The van der Waals surface area contributed by atoms with Gasteiger partial charge in [-0.25, -0.2) is 0 Å². The molecule has 0 aliphatic carbocycles. The third-order valence-electron chi connectivity index (χ3n) is 3.70. The molecule has 1 aromatic heterocycles. The quantitative estimate of drug-likeness (QED) is 0.916. The van der Waals surface area contributed by atoms with Crippen molar-refractivity contribution in [2.45, 2.75) is 38.8 Å². The number of anilines is 1. The molecule has 0 bridgehead atoms. The fourth-order valence-corrected chi connectivity index (χ4v) is 2.52. The van der Waals surface area contributed by atoms with Crippen LogP contribution < -0.4 is 10.6 Å². The van der Waals surface area contributed by atoms with Crippen molar-refractivity contribution in [2.75, 3.05) is 11.9 Å². The number of amides is 1. The predicted octanol–water partition coefficient (Wildman–Crippen LogP) is 2.73. The highest BCUT2D eigenvalue weighted by Gasteiger charge is 2.21. The third-order valence-corrected chi connectivity index (χ3v) is 3.70. The maximum atomic E-state index is 12.1. The van der Waals surface area contributed by atoms with E-state index in [4.69, 9.17) is 0 Å². The van der Waals surface area contributed by atoms with E-state index < -0.39 is 0 Å². The van der Waals surface area contributed by atoms with Crippen LogP contribution in [0.5, 0.6) is 0 Å². The molecule has 2 aromatic rings. The summed E-state index contributed by atoms with van der Waals surface area (Å²) in [4.78, 5) is 12.1. The van der Waals surface area contributed by atoms with Crippen molar-refractivity contribution in [1.82, 2.24) is 15.1 Å². The first-order valence-corrected chi connectivity index (χ1v) is 7.16. The van der Waals surface area contributed by atoms with Crippen LogP contribution in [0.25, 0.3) is 10.9 Å². The minimum atomic E-state index is -0.0518. The molecule has 1 aliphatic heterocycles. The molecule has 114 valence electrons. The number of benzene rings is 1. The summed E-state index contributed by atoms with van der Waals surface area (Å²) in [6, 6.07) is 6.12. The van der Waals surface area contributed by atoms with Gasteiger partial charge in [-0.05, 0) is 51.4 Å². The molecule has 1 atom stereocenters. The van der Waals surface area contributed by atoms with Gasteiger partial charge < -0.3 is 10.6 Å². The van der Waals surface area contributed by atoms with E-state index in [9.17, 15) is 4.79 Å². The van der Waals surface area contributed by atoms with Crippen LogP contribution in [-0.2, 0) is 4.79 Å². The van der Waals surface area contributed by atoms with Crippen molar-refractivity contribution in [2.24, 2.45) is 0 Å². The van der Waals surface area contributed by atoms with E-state index in [1.807, 2.05) is 29.1 Å². The molecular weight excluding hydrogens is 288 g/mol. The molecule has 21 heavy (non-hydrogen) atoms. The second-order valence-corrected chi connectivity index (χ2v) is 5.61. The molecule has 1 aliphatic rings. The normalized spacial score (nSPS) is 18.0. The number of nitrogens with zero attached hydrogens (tertiary/aromatic N) is 2. The summed E-state index contributed by atoms with van der Waals surface area (Å²) < 4.78 is 1.94. The molecule has 2 N–H and O–H groups in total.